The highest BCUT2D eigenvalue weighted by atomic mass is 16.2. The summed E-state index contributed by atoms with van der Waals surface area (Å²) in [6.45, 7) is 9.37. The van der Waals surface area contributed by atoms with E-state index in [9.17, 15) is 4.79 Å². The maximum absolute atomic E-state index is 11.2. The Morgan fingerprint density at radius 1 is 1.31 bits per heavy atom. The third-order valence-electron chi connectivity index (χ3n) is 1.35. The first-order valence-corrected chi connectivity index (χ1v) is 4.53. The van der Waals surface area contributed by atoms with Crippen LogP contribution in [0.3, 0.4) is 0 Å². The van der Waals surface area contributed by atoms with Crippen LogP contribution < -0.4 is 0 Å². The highest BCUT2D eigenvalue weighted by molar-refractivity contribution is 5.92. The highest BCUT2D eigenvalue weighted by Crippen LogP contribution is 1.97. The van der Waals surface area contributed by atoms with Gasteiger partial charge < -0.3 is 0 Å². The lowest BCUT2D eigenvalue weighted by Crippen LogP contribution is -2.21. The van der Waals surface area contributed by atoms with E-state index >= 15 is 0 Å². The molecule has 0 aromatic carbocycles. The first-order chi connectivity index (χ1) is 6.13. The zero-order valence-corrected chi connectivity index (χ0v) is 9.46. The summed E-state index contributed by atoms with van der Waals surface area (Å²) in [5.41, 5.74) is 0.707. The molecule has 0 heterocycles. The molecule has 76 valence electrons. The number of hydrogen-bond acceptors (Lipinski definition) is 2. The molecule has 0 N–H and O–H groups in total. The van der Waals surface area contributed by atoms with Crippen molar-refractivity contribution in [1.82, 2.24) is 5.01 Å². The van der Waals surface area contributed by atoms with E-state index in [1.807, 2.05) is 20.8 Å². The number of carbonyl (C=O) groups excluding carboxylic acids is 1. The molecule has 0 rings (SSSR count). The van der Waals surface area contributed by atoms with Gasteiger partial charge in [-0.3, -0.25) is 4.79 Å². The molecule has 0 aliphatic carbocycles. The largest absolute Gasteiger partial charge is 0.268 e. The molecule has 3 nitrogen and oxygen atoms in total. The Bertz CT molecular complexity index is 195. The Hall–Kier alpha value is -1.12. The van der Waals surface area contributed by atoms with E-state index in [0.29, 0.717) is 5.57 Å². The minimum absolute atomic E-state index is 0.0643. The summed E-state index contributed by atoms with van der Waals surface area (Å²) in [7, 11) is 1.63. The summed E-state index contributed by atoms with van der Waals surface area (Å²) in [6, 6.07) is 0. The Morgan fingerprint density at radius 3 is 2.08 bits per heavy atom. The monoisotopic (exact) mass is 184 g/mol. The van der Waals surface area contributed by atoms with Gasteiger partial charge in [0, 0.05) is 18.8 Å². The standard InChI is InChI=1S/C8H14N2O.C2H6/c1-5-7(3)8(11)10(4)9-6-2;1-2/h5-6H,1-4H3;1-2H3/b7-5-,9-6-;. The first-order valence-electron chi connectivity index (χ1n) is 4.53. The summed E-state index contributed by atoms with van der Waals surface area (Å²) in [4.78, 5) is 11.2. The normalized spacial score (nSPS) is 10.8. The topological polar surface area (TPSA) is 32.7 Å². The van der Waals surface area contributed by atoms with Gasteiger partial charge in [-0.25, -0.2) is 5.01 Å². The second kappa shape index (κ2) is 8.97. The Balaban J connectivity index is 0. The summed E-state index contributed by atoms with van der Waals surface area (Å²) in [6.07, 6.45) is 3.35. The fraction of sp³-hybridized carbons (Fsp3) is 0.600. The molecule has 0 aromatic rings. The van der Waals surface area contributed by atoms with Gasteiger partial charge in [0.15, 0.2) is 0 Å². The summed E-state index contributed by atoms with van der Waals surface area (Å²) in [5.74, 6) is -0.0643. The number of hydrazone groups is 1. The molecule has 3 heteroatoms. The number of hydrogen-bond donors (Lipinski definition) is 0. The quantitative estimate of drug-likeness (QED) is 0.368. The second-order valence-electron chi connectivity index (χ2n) is 2.17. The lowest BCUT2D eigenvalue weighted by molar-refractivity contribution is -0.125. The van der Waals surface area contributed by atoms with Crippen LogP contribution in [-0.4, -0.2) is 24.2 Å². The molecule has 0 spiro atoms. The summed E-state index contributed by atoms with van der Waals surface area (Å²) in [5, 5.41) is 5.13. The molecule has 0 aliphatic rings. The molecule has 1 amide bonds. The number of allylic oxidation sites excluding steroid dienone is 1. The minimum Gasteiger partial charge on any atom is -0.268 e. The van der Waals surface area contributed by atoms with Gasteiger partial charge in [0.2, 0.25) is 0 Å². The van der Waals surface area contributed by atoms with Crippen LogP contribution in [0, 0.1) is 0 Å². The van der Waals surface area contributed by atoms with Gasteiger partial charge in [0.05, 0.1) is 0 Å². The summed E-state index contributed by atoms with van der Waals surface area (Å²) >= 11 is 0. The van der Waals surface area contributed by atoms with Crippen molar-refractivity contribution in [3.63, 3.8) is 0 Å². The molecule has 0 aliphatic heterocycles. The smallest absolute Gasteiger partial charge is 0.268 e. The predicted octanol–water partition coefficient (Wildman–Crippen LogP) is 2.44. The van der Waals surface area contributed by atoms with E-state index in [2.05, 4.69) is 5.10 Å². The summed E-state index contributed by atoms with van der Waals surface area (Å²) < 4.78 is 0. The van der Waals surface area contributed by atoms with Crippen LogP contribution in [0.4, 0.5) is 0 Å². The Morgan fingerprint density at radius 2 is 1.77 bits per heavy atom. The average molecular weight is 184 g/mol. The van der Waals surface area contributed by atoms with Crippen molar-refractivity contribution in [2.45, 2.75) is 34.6 Å². The average Bonchev–Trinajstić information content (AvgIpc) is 2.19. The van der Waals surface area contributed by atoms with E-state index in [0.717, 1.165) is 0 Å². The molecule has 0 saturated heterocycles. The first kappa shape index (κ1) is 14.4. The van der Waals surface area contributed by atoms with Crippen LogP contribution in [0.5, 0.6) is 0 Å². The fourth-order valence-electron chi connectivity index (χ4n) is 0.604. The Labute approximate surface area is 81.1 Å². The molecule has 13 heavy (non-hydrogen) atoms. The third kappa shape index (κ3) is 6.08. The highest BCUT2D eigenvalue weighted by Gasteiger charge is 2.06. The molecule has 0 radical (unpaired) electrons. The van der Waals surface area contributed by atoms with Crippen LogP contribution in [0.2, 0.25) is 0 Å². The molecule has 0 fully saturated rings. The molecule has 0 bridgehead atoms. The number of nitrogens with zero attached hydrogens (tertiary/aromatic N) is 2. The van der Waals surface area contributed by atoms with E-state index in [-0.39, 0.29) is 5.91 Å². The Kier molecular flexibility index (Phi) is 9.94. The molecular weight excluding hydrogens is 164 g/mol. The van der Waals surface area contributed by atoms with Crippen LogP contribution in [0.1, 0.15) is 34.6 Å². The van der Waals surface area contributed by atoms with Gasteiger partial charge in [-0.15, -0.1) is 0 Å². The van der Waals surface area contributed by atoms with Gasteiger partial charge in [-0.1, -0.05) is 19.9 Å². The van der Waals surface area contributed by atoms with Crippen molar-refractivity contribution in [2.24, 2.45) is 5.10 Å². The number of amides is 1. The minimum atomic E-state index is -0.0643. The second-order valence-corrected chi connectivity index (χ2v) is 2.17. The van der Waals surface area contributed by atoms with Crippen molar-refractivity contribution in [1.29, 1.82) is 0 Å². The maximum atomic E-state index is 11.2. The van der Waals surface area contributed by atoms with Gasteiger partial charge in [0.25, 0.3) is 5.91 Å². The van der Waals surface area contributed by atoms with Crippen molar-refractivity contribution < 1.29 is 4.79 Å². The fourth-order valence-corrected chi connectivity index (χ4v) is 0.604. The van der Waals surface area contributed by atoms with E-state index in [4.69, 9.17) is 0 Å². The zero-order chi connectivity index (χ0) is 10.9. The molecule has 0 aromatic heterocycles. The van der Waals surface area contributed by atoms with Gasteiger partial charge in [-0.05, 0) is 20.8 Å². The van der Waals surface area contributed by atoms with Gasteiger partial charge in [-0.2, -0.15) is 5.10 Å². The number of carbonyl (C=O) groups is 1. The zero-order valence-electron chi connectivity index (χ0n) is 9.46. The lowest BCUT2D eigenvalue weighted by atomic mass is 10.3. The lowest BCUT2D eigenvalue weighted by Gasteiger charge is -2.09. The van der Waals surface area contributed by atoms with Crippen LogP contribution in [0.25, 0.3) is 0 Å². The molecule has 0 unspecified atom stereocenters. The molecular formula is C10H20N2O. The molecule has 0 atom stereocenters. The maximum Gasteiger partial charge on any atom is 0.268 e. The van der Waals surface area contributed by atoms with Crippen molar-refractivity contribution in [3.05, 3.63) is 11.6 Å². The van der Waals surface area contributed by atoms with Crippen molar-refractivity contribution >= 4 is 12.1 Å². The molecule has 0 saturated carbocycles. The van der Waals surface area contributed by atoms with Crippen molar-refractivity contribution in [3.8, 4) is 0 Å². The predicted molar refractivity (Wildman–Crippen MR) is 57.7 cm³/mol. The van der Waals surface area contributed by atoms with Gasteiger partial charge in [0.1, 0.15) is 0 Å². The van der Waals surface area contributed by atoms with Crippen molar-refractivity contribution in [2.75, 3.05) is 7.05 Å². The SMILES string of the molecule is C/C=N\N(C)C(=O)/C(C)=C\C.CC. The van der Waals surface area contributed by atoms with Crippen LogP contribution in [-0.2, 0) is 4.79 Å². The number of likely N-dealkylation sites (N-methyl/N-ethyl adjacent to an activating group) is 1. The van der Waals surface area contributed by atoms with Crippen LogP contribution >= 0.6 is 0 Å². The number of rotatable bonds is 2. The van der Waals surface area contributed by atoms with Crippen LogP contribution in [0.15, 0.2) is 16.8 Å². The van der Waals surface area contributed by atoms with Gasteiger partial charge >= 0.3 is 0 Å². The third-order valence-corrected chi connectivity index (χ3v) is 1.35. The van der Waals surface area contributed by atoms with E-state index in [1.165, 1.54) is 5.01 Å². The van der Waals surface area contributed by atoms with E-state index in [1.54, 1.807) is 33.2 Å². The van der Waals surface area contributed by atoms with E-state index < -0.39 is 0 Å².